The van der Waals surface area contributed by atoms with E-state index >= 15 is 0 Å². The highest BCUT2D eigenvalue weighted by molar-refractivity contribution is 7.08. The standard InChI is InChI=1S/C29H33N3O2S/c1-2-16-32(27-18-26(21-15-17-35-19-21)30-24-13-7-6-11-22(24)27)29(34)23-12-8-14-25(23)31-28(33)20-9-4-3-5-10-20/h3-7,9-11,13,15,17,19,23,25-27,30H,2,8,12,14,16,18H2,1H3,(H,31,33)/t23-,25+,26?,27?/m0/s1. The molecule has 2 aromatic carbocycles. The normalized spacial score (nSPS) is 23.2. The van der Waals surface area contributed by atoms with Gasteiger partial charge in [-0.3, -0.25) is 9.59 Å². The number of carbonyl (C=O) groups excluding carboxylic acids is 2. The van der Waals surface area contributed by atoms with Crippen molar-refractivity contribution < 1.29 is 9.59 Å². The smallest absolute Gasteiger partial charge is 0.251 e. The lowest BCUT2D eigenvalue weighted by atomic mass is 9.88. The molecule has 1 aliphatic heterocycles. The Morgan fingerprint density at radius 2 is 1.86 bits per heavy atom. The van der Waals surface area contributed by atoms with Gasteiger partial charge in [-0.05, 0) is 71.8 Å². The maximum atomic E-state index is 14.1. The second kappa shape index (κ2) is 10.6. The van der Waals surface area contributed by atoms with E-state index in [1.165, 1.54) is 11.1 Å². The molecule has 0 bridgehead atoms. The molecule has 2 aliphatic rings. The summed E-state index contributed by atoms with van der Waals surface area (Å²) in [5.41, 5.74) is 4.20. The number of amides is 2. The number of para-hydroxylation sites is 1. The number of rotatable bonds is 7. The molecule has 5 rings (SSSR count). The van der Waals surface area contributed by atoms with Crippen LogP contribution in [0.25, 0.3) is 0 Å². The number of fused-ring (bicyclic) bond motifs is 1. The molecular weight excluding hydrogens is 454 g/mol. The van der Waals surface area contributed by atoms with Gasteiger partial charge < -0.3 is 15.5 Å². The predicted octanol–water partition coefficient (Wildman–Crippen LogP) is 6.18. The monoisotopic (exact) mass is 487 g/mol. The van der Waals surface area contributed by atoms with Crippen LogP contribution in [0.1, 0.15) is 72.6 Å². The van der Waals surface area contributed by atoms with Crippen molar-refractivity contribution in [3.8, 4) is 0 Å². The molecule has 0 spiro atoms. The highest BCUT2D eigenvalue weighted by Gasteiger charge is 2.40. The summed E-state index contributed by atoms with van der Waals surface area (Å²) in [5.74, 6) is -0.105. The van der Waals surface area contributed by atoms with Gasteiger partial charge in [0, 0.05) is 23.8 Å². The lowest BCUT2D eigenvalue weighted by molar-refractivity contribution is -0.138. The molecule has 2 unspecified atom stereocenters. The second-order valence-corrected chi connectivity index (χ2v) is 10.4. The third-order valence-electron chi connectivity index (χ3n) is 7.36. The van der Waals surface area contributed by atoms with Crippen molar-refractivity contribution in [2.75, 3.05) is 11.9 Å². The van der Waals surface area contributed by atoms with E-state index in [1.54, 1.807) is 11.3 Å². The minimum Gasteiger partial charge on any atom is -0.378 e. The Balaban J connectivity index is 1.40. The van der Waals surface area contributed by atoms with Crippen molar-refractivity contribution in [3.63, 3.8) is 0 Å². The quantitative estimate of drug-likeness (QED) is 0.418. The van der Waals surface area contributed by atoms with E-state index in [0.29, 0.717) is 12.1 Å². The highest BCUT2D eigenvalue weighted by atomic mass is 32.1. The number of hydrogen-bond donors (Lipinski definition) is 2. The second-order valence-electron chi connectivity index (χ2n) is 9.61. The summed E-state index contributed by atoms with van der Waals surface area (Å²) >= 11 is 1.70. The number of anilines is 1. The summed E-state index contributed by atoms with van der Waals surface area (Å²) in [7, 11) is 0. The molecule has 182 valence electrons. The summed E-state index contributed by atoms with van der Waals surface area (Å²) in [6, 6.07) is 19.9. The molecule has 1 saturated carbocycles. The SMILES string of the molecule is CCCN(C(=O)[C@H]1CCC[C@H]1NC(=O)c1ccccc1)C1CC(c2ccsc2)Nc2ccccc21. The van der Waals surface area contributed by atoms with Gasteiger partial charge in [-0.2, -0.15) is 11.3 Å². The third kappa shape index (κ3) is 4.98. The molecule has 0 radical (unpaired) electrons. The fraction of sp³-hybridized carbons (Fsp3) is 0.379. The summed E-state index contributed by atoms with van der Waals surface area (Å²) in [6.45, 7) is 2.84. The van der Waals surface area contributed by atoms with Gasteiger partial charge in [-0.15, -0.1) is 0 Å². The topological polar surface area (TPSA) is 61.4 Å². The molecule has 4 atom stereocenters. The highest BCUT2D eigenvalue weighted by Crippen LogP contribution is 2.43. The Morgan fingerprint density at radius 1 is 1.06 bits per heavy atom. The number of nitrogens with zero attached hydrogens (tertiary/aromatic N) is 1. The Bertz CT molecular complexity index is 1150. The molecule has 2 N–H and O–H groups in total. The van der Waals surface area contributed by atoms with Crippen molar-refractivity contribution >= 4 is 28.8 Å². The largest absolute Gasteiger partial charge is 0.378 e. The maximum Gasteiger partial charge on any atom is 0.251 e. The maximum absolute atomic E-state index is 14.1. The van der Waals surface area contributed by atoms with Crippen molar-refractivity contribution in [1.82, 2.24) is 10.2 Å². The van der Waals surface area contributed by atoms with E-state index < -0.39 is 0 Å². The van der Waals surface area contributed by atoms with Crippen molar-refractivity contribution in [2.24, 2.45) is 5.92 Å². The zero-order chi connectivity index (χ0) is 24.2. The van der Waals surface area contributed by atoms with Crippen LogP contribution in [-0.2, 0) is 4.79 Å². The van der Waals surface area contributed by atoms with Crippen LogP contribution in [0.2, 0.25) is 0 Å². The number of carbonyl (C=O) groups is 2. The number of benzene rings is 2. The summed E-state index contributed by atoms with van der Waals surface area (Å²) in [5, 5.41) is 11.2. The lowest BCUT2D eigenvalue weighted by Crippen LogP contribution is -2.48. The van der Waals surface area contributed by atoms with E-state index in [2.05, 4.69) is 63.5 Å². The van der Waals surface area contributed by atoms with Crippen LogP contribution in [0.3, 0.4) is 0 Å². The van der Waals surface area contributed by atoms with Crippen LogP contribution in [0.15, 0.2) is 71.4 Å². The summed E-state index contributed by atoms with van der Waals surface area (Å²) in [6.07, 6.45) is 4.35. The number of thiophene rings is 1. The van der Waals surface area contributed by atoms with E-state index in [9.17, 15) is 9.59 Å². The third-order valence-corrected chi connectivity index (χ3v) is 8.06. The molecule has 35 heavy (non-hydrogen) atoms. The first-order valence-corrected chi connectivity index (χ1v) is 13.6. The molecule has 2 amide bonds. The van der Waals surface area contributed by atoms with E-state index in [-0.39, 0.29) is 35.9 Å². The molecule has 3 aromatic rings. The van der Waals surface area contributed by atoms with Crippen LogP contribution >= 0.6 is 11.3 Å². The predicted molar refractivity (Wildman–Crippen MR) is 142 cm³/mol. The van der Waals surface area contributed by atoms with Gasteiger partial charge in [0.25, 0.3) is 5.91 Å². The fourth-order valence-corrected chi connectivity index (χ4v) is 6.36. The van der Waals surface area contributed by atoms with E-state index in [1.807, 2.05) is 30.3 Å². The van der Waals surface area contributed by atoms with Gasteiger partial charge >= 0.3 is 0 Å². The van der Waals surface area contributed by atoms with Gasteiger partial charge in [0.05, 0.1) is 18.0 Å². The molecule has 1 fully saturated rings. The van der Waals surface area contributed by atoms with E-state index in [4.69, 9.17) is 0 Å². The molecule has 1 aromatic heterocycles. The van der Waals surface area contributed by atoms with Crippen LogP contribution in [0.5, 0.6) is 0 Å². The molecule has 5 nitrogen and oxygen atoms in total. The molecule has 6 heteroatoms. The first-order chi connectivity index (χ1) is 17.2. The molecular formula is C29H33N3O2S. The minimum atomic E-state index is -0.184. The molecule has 1 aliphatic carbocycles. The number of nitrogens with one attached hydrogen (secondary N) is 2. The van der Waals surface area contributed by atoms with Gasteiger partial charge in [-0.1, -0.05) is 49.7 Å². The summed E-state index contributed by atoms with van der Waals surface area (Å²) < 4.78 is 0. The van der Waals surface area contributed by atoms with Crippen LogP contribution < -0.4 is 10.6 Å². The first-order valence-electron chi connectivity index (χ1n) is 12.7. The zero-order valence-corrected chi connectivity index (χ0v) is 21.0. The van der Waals surface area contributed by atoms with Gasteiger partial charge in [0.2, 0.25) is 5.91 Å². The number of hydrogen-bond acceptors (Lipinski definition) is 4. The zero-order valence-electron chi connectivity index (χ0n) is 20.2. The van der Waals surface area contributed by atoms with Crippen LogP contribution in [-0.4, -0.2) is 29.3 Å². The minimum absolute atomic E-state index is 0.0101. The Hall–Kier alpha value is -3.12. The average molecular weight is 488 g/mol. The van der Waals surface area contributed by atoms with Crippen LogP contribution in [0, 0.1) is 5.92 Å². The lowest BCUT2D eigenvalue weighted by Gasteiger charge is -2.41. The Morgan fingerprint density at radius 3 is 2.63 bits per heavy atom. The Kier molecular flexibility index (Phi) is 7.19. The van der Waals surface area contributed by atoms with Crippen LogP contribution in [0.4, 0.5) is 5.69 Å². The van der Waals surface area contributed by atoms with Crippen molar-refractivity contribution in [2.45, 2.75) is 57.2 Å². The molecule has 2 heterocycles. The Labute approximate surface area is 211 Å². The van der Waals surface area contributed by atoms with Crippen molar-refractivity contribution in [1.29, 1.82) is 0 Å². The average Bonchev–Trinajstić information content (AvgIpc) is 3.60. The van der Waals surface area contributed by atoms with Gasteiger partial charge in [0.15, 0.2) is 0 Å². The fourth-order valence-electron chi connectivity index (χ4n) is 5.65. The van der Waals surface area contributed by atoms with E-state index in [0.717, 1.165) is 37.8 Å². The van der Waals surface area contributed by atoms with Gasteiger partial charge in [0.1, 0.15) is 0 Å². The van der Waals surface area contributed by atoms with Gasteiger partial charge in [-0.25, -0.2) is 0 Å². The first kappa shape index (κ1) is 23.6. The van der Waals surface area contributed by atoms with Crippen molar-refractivity contribution in [3.05, 3.63) is 88.1 Å². The summed E-state index contributed by atoms with van der Waals surface area (Å²) in [4.78, 5) is 29.1. The molecule has 0 saturated heterocycles.